The van der Waals surface area contributed by atoms with Crippen molar-refractivity contribution in [3.8, 4) is 5.75 Å². The van der Waals surface area contributed by atoms with Gasteiger partial charge in [0.05, 0.1) is 13.7 Å². The third-order valence-electron chi connectivity index (χ3n) is 3.04. The van der Waals surface area contributed by atoms with Crippen LogP contribution in [0.1, 0.15) is 12.5 Å². The molecule has 5 nitrogen and oxygen atoms in total. The number of aliphatic imine (C=N–C) groups is 1. The molecule has 6 heteroatoms. The van der Waals surface area contributed by atoms with Crippen molar-refractivity contribution in [2.24, 2.45) is 10.7 Å². The van der Waals surface area contributed by atoms with Crippen LogP contribution in [0.4, 0.5) is 5.69 Å². The Labute approximate surface area is 128 Å². The van der Waals surface area contributed by atoms with Gasteiger partial charge in [0.1, 0.15) is 11.4 Å². The molecular formula is C15H19N3O2S. The Balaban J connectivity index is 2.01. The number of ether oxygens (including phenoxy) is 1. The lowest BCUT2D eigenvalue weighted by atomic mass is 10.00. The van der Waals surface area contributed by atoms with E-state index < -0.39 is 5.60 Å². The highest BCUT2D eigenvalue weighted by atomic mass is 32.1. The molecule has 0 aliphatic rings. The highest BCUT2D eigenvalue weighted by Gasteiger charge is 2.23. The van der Waals surface area contributed by atoms with Crippen molar-refractivity contribution >= 4 is 23.0 Å². The van der Waals surface area contributed by atoms with Gasteiger partial charge in [-0.15, -0.1) is 0 Å². The Kier molecular flexibility index (Phi) is 4.82. The van der Waals surface area contributed by atoms with Crippen molar-refractivity contribution in [1.82, 2.24) is 0 Å². The lowest BCUT2D eigenvalue weighted by Crippen LogP contribution is -2.29. The van der Waals surface area contributed by atoms with Crippen molar-refractivity contribution in [2.75, 3.05) is 19.0 Å². The number of methoxy groups -OCH3 is 1. The van der Waals surface area contributed by atoms with E-state index in [1.165, 1.54) is 11.3 Å². The Morgan fingerprint density at radius 3 is 2.95 bits per heavy atom. The fourth-order valence-corrected chi connectivity index (χ4v) is 2.57. The summed E-state index contributed by atoms with van der Waals surface area (Å²) in [6.45, 7) is 1.91. The molecule has 21 heavy (non-hydrogen) atoms. The van der Waals surface area contributed by atoms with E-state index in [-0.39, 0.29) is 12.5 Å². The molecule has 0 aliphatic carbocycles. The van der Waals surface area contributed by atoms with Gasteiger partial charge in [0.25, 0.3) is 0 Å². The topological polar surface area (TPSA) is 79.9 Å². The number of nitrogens with one attached hydrogen (secondary N) is 1. The van der Waals surface area contributed by atoms with E-state index >= 15 is 0 Å². The molecule has 0 saturated heterocycles. The molecule has 1 aromatic carbocycles. The molecule has 2 aromatic rings. The maximum Gasteiger partial charge on any atom is 0.193 e. The van der Waals surface area contributed by atoms with E-state index in [2.05, 4.69) is 10.3 Å². The summed E-state index contributed by atoms with van der Waals surface area (Å²) in [6.07, 6.45) is 0. The third kappa shape index (κ3) is 4.21. The zero-order valence-electron chi connectivity index (χ0n) is 12.0. The van der Waals surface area contributed by atoms with E-state index in [1.54, 1.807) is 14.0 Å². The zero-order chi connectivity index (χ0) is 15.3. The minimum atomic E-state index is -1.03. The molecule has 1 heterocycles. The maximum absolute atomic E-state index is 10.4. The second kappa shape index (κ2) is 6.60. The number of aliphatic hydroxyl groups is 1. The predicted molar refractivity (Wildman–Crippen MR) is 87.0 cm³/mol. The molecule has 1 atom stereocenters. The molecule has 0 amide bonds. The fourth-order valence-electron chi connectivity index (χ4n) is 1.79. The van der Waals surface area contributed by atoms with Crippen LogP contribution in [0.25, 0.3) is 0 Å². The van der Waals surface area contributed by atoms with E-state index in [4.69, 9.17) is 10.5 Å². The van der Waals surface area contributed by atoms with Gasteiger partial charge in [0, 0.05) is 11.8 Å². The van der Waals surface area contributed by atoms with Gasteiger partial charge in [-0.05, 0) is 41.4 Å². The number of hydrogen-bond donors (Lipinski definition) is 3. The first-order valence-electron chi connectivity index (χ1n) is 6.47. The van der Waals surface area contributed by atoms with Gasteiger partial charge in [0.2, 0.25) is 0 Å². The molecule has 0 saturated carbocycles. The number of anilines is 1. The van der Waals surface area contributed by atoms with E-state index in [0.717, 1.165) is 17.0 Å². The standard InChI is InChI=1S/C15H19N3O2S/c1-15(19,11-6-7-21-9-11)10-17-14(16)18-12-4-3-5-13(8-12)20-2/h3-9,19H,10H2,1-2H3,(H3,16,17,18). The minimum Gasteiger partial charge on any atom is -0.497 e. The quantitative estimate of drug-likeness (QED) is 0.585. The van der Waals surface area contributed by atoms with Crippen LogP contribution < -0.4 is 15.8 Å². The van der Waals surface area contributed by atoms with Gasteiger partial charge in [-0.25, -0.2) is 4.99 Å². The van der Waals surface area contributed by atoms with E-state index in [1.807, 2.05) is 41.1 Å². The molecule has 112 valence electrons. The lowest BCUT2D eigenvalue weighted by molar-refractivity contribution is 0.0678. The summed E-state index contributed by atoms with van der Waals surface area (Å²) in [5, 5.41) is 17.2. The first kappa shape index (κ1) is 15.3. The first-order chi connectivity index (χ1) is 10.0. The second-order valence-corrected chi connectivity index (χ2v) is 5.62. The smallest absolute Gasteiger partial charge is 0.193 e. The van der Waals surface area contributed by atoms with Gasteiger partial charge >= 0.3 is 0 Å². The van der Waals surface area contributed by atoms with Gasteiger partial charge in [0.15, 0.2) is 5.96 Å². The fraction of sp³-hybridized carbons (Fsp3) is 0.267. The molecule has 1 unspecified atom stereocenters. The van der Waals surface area contributed by atoms with Crippen LogP contribution in [-0.2, 0) is 5.60 Å². The molecule has 1 aromatic heterocycles. The molecule has 2 rings (SSSR count). The maximum atomic E-state index is 10.4. The summed E-state index contributed by atoms with van der Waals surface area (Å²) in [4.78, 5) is 4.20. The SMILES string of the molecule is COc1cccc(NC(N)=NCC(C)(O)c2ccsc2)c1. The summed E-state index contributed by atoms with van der Waals surface area (Å²) < 4.78 is 5.14. The number of hydrogen-bond acceptors (Lipinski definition) is 4. The Bertz CT molecular complexity index is 609. The summed E-state index contributed by atoms with van der Waals surface area (Å²) >= 11 is 1.54. The van der Waals surface area contributed by atoms with Crippen molar-refractivity contribution < 1.29 is 9.84 Å². The van der Waals surface area contributed by atoms with E-state index in [9.17, 15) is 5.11 Å². The second-order valence-electron chi connectivity index (χ2n) is 4.84. The molecule has 0 radical (unpaired) electrons. The minimum absolute atomic E-state index is 0.187. The van der Waals surface area contributed by atoms with Crippen LogP contribution in [0.5, 0.6) is 5.75 Å². The molecular weight excluding hydrogens is 286 g/mol. The number of rotatable bonds is 5. The predicted octanol–water partition coefficient (Wildman–Crippen LogP) is 2.39. The normalized spacial score (nSPS) is 14.5. The van der Waals surface area contributed by atoms with Crippen molar-refractivity contribution in [1.29, 1.82) is 0 Å². The summed E-state index contributed by atoms with van der Waals surface area (Å²) in [6, 6.07) is 9.27. The summed E-state index contributed by atoms with van der Waals surface area (Å²) in [7, 11) is 1.61. The number of nitrogens with two attached hydrogens (primary N) is 1. The number of nitrogens with zero attached hydrogens (tertiary/aromatic N) is 1. The zero-order valence-corrected chi connectivity index (χ0v) is 12.9. The van der Waals surface area contributed by atoms with Crippen molar-refractivity contribution in [2.45, 2.75) is 12.5 Å². The Hall–Kier alpha value is -2.05. The molecule has 0 bridgehead atoms. The van der Waals surface area contributed by atoms with Crippen LogP contribution in [-0.4, -0.2) is 24.7 Å². The highest BCUT2D eigenvalue weighted by Crippen LogP contribution is 2.23. The first-order valence-corrected chi connectivity index (χ1v) is 7.41. The summed E-state index contributed by atoms with van der Waals surface area (Å²) in [5.41, 5.74) is 6.44. The third-order valence-corrected chi connectivity index (χ3v) is 3.73. The van der Waals surface area contributed by atoms with Gasteiger partial charge in [-0.2, -0.15) is 11.3 Å². The number of thiophene rings is 1. The monoisotopic (exact) mass is 305 g/mol. The van der Waals surface area contributed by atoms with Crippen LogP contribution in [0.2, 0.25) is 0 Å². The summed E-state index contributed by atoms with van der Waals surface area (Å²) in [5.74, 6) is 0.983. The average molecular weight is 305 g/mol. The van der Waals surface area contributed by atoms with Crippen molar-refractivity contribution in [3.05, 3.63) is 46.7 Å². The molecule has 0 fully saturated rings. The van der Waals surface area contributed by atoms with Crippen LogP contribution in [0.15, 0.2) is 46.1 Å². The van der Waals surface area contributed by atoms with E-state index in [0.29, 0.717) is 0 Å². The van der Waals surface area contributed by atoms with Crippen LogP contribution in [0, 0.1) is 0 Å². The van der Waals surface area contributed by atoms with Crippen LogP contribution in [0.3, 0.4) is 0 Å². The van der Waals surface area contributed by atoms with Gasteiger partial charge in [-0.3, -0.25) is 0 Å². The van der Waals surface area contributed by atoms with Crippen LogP contribution >= 0.6 is 11.3 Å². The lowest BCUT2D eigenvalue weighted by Gasteiger charge is -2.20. The molecule has 4 N–H and O–H groups in total. The number of guanidine groups is 1. The van der Waals surface area contributed by atoms with Gasteiger partial charge in [-0.1, -0.05) is 6.07 Å². The molecule has 0 spiro atoms. The molecule has 0 aliphatic heterocycles. The van der Waals surface area contributed by atoms with Gasteiger partial charge < -0.3 is 20.9 Å². The Morgan fingerprint density at radius 2 is 2.29 bits per heavy atom. The highest BCUT2D eigenvalue weighted by molar-refractivity contribution is 7.08. The largest absolute Gasteiger partial charge is 0.497 e. The van der Waals surface area contributed by atoms with Crippen molar-refractivity contribution in [3.63, 3.8) is 0 Å². The average Bonchev–Trinajstić information content (AvgIpc) is 3.00. The number of benzene rings is 1. The Morgan fingerprint density at radius 1 is 1.48 bits per heavy atom.